The lowest BCUT2D eigenvalue weighted by Gasteiger charge is -2.27. The molecule has 0 aliphatic heterocycles. The molecule has 1 aromatic carbocycles. The number of rotatable bonds is 8. The van der Waals surface area contributed by atoms with E-state index in [4.69, 9.17) is 9.47 Å². The highest BCUT2D eigenvalue weighted by molar-refractivity contribution is 5.13. The number of ether oxygens (including phenoxy) is 2. The molecule has 18 heavy (non-hydrogen) atoms. The molecule has 1 aromatic rings. The quantitative estimate of drug-likeness (QED) is 0.773. The molecule has 1 N–H and O–H groups in total. The van der Waals surface area contributed by atoms with Crippen LogP contribution in [-0.2, 0) is 16.1 Å². The second-order valence-electron chi connectivity index (χ2n) is 4.56. The van der Waals surface area contributed by atoms with Crippen molar-refractivity contribution >= 4 is 0 Å². The summed E-state index contributed by atoms with van der Waals surface area (Å²) >= 11 is 0. The number of hydrogen-bond acceptors (Lipinski definition) is 3. The Bertz CT molecular complexity index is 313. The topological polar surface area (TPSA) is 38.7 Å². The molecule has 0 radical (unpaired) electrons. The van der Waals surface area contributed by atoms with Gasteiger partial charge < -0.3 is 14.6 Å². The number of benzene rings is 1. The molecule has 0 heterocycles. The molecule has 0 aliphatic carbocycles. The maximum absolute atomic E-state index is 9.97. The number of hydrogen-bond donors (Lipinski definition) is 1. The first-order valence-corrected chi connectivity index (χ1v) is 6.55. The van der Waals surface area contributed by atoms with E-state index in [1.165, 1.54) is 0 Å². The Morgan fingerprint density at radius 1 is 1.22 bits per heavy atom. The molecular weight excluding hydrogens is 228 g/mol. The van der Waals surface area contributed by atoms with Crippen molar-refractivity contribution in [1.82, 2.24) is 0 Å². The normalized spacial score (nSPS) is 16.2. The van der Waals surface area contributed by atoms with Gasteiger partial charge in [0, 0.05) is 7.11 Å². The Morgan fingerprint density at radius 3 is 2.44 bits per heavy atom. The Balaban J connectivity index is 2.44. The maximum Gasteiger partial charge on any atom is 0.109 e. The van der Waals surface area contributed by atoms with Gasteiger partial charge in [-0.2, -0.15) is 0 Å². The molecule has 102 valence electrons. The molecule has 3 atom stereocenters. The SMILES string of the molecule is CCC[C@@H](O)[C@H](OC)[C@H](C)OCc1ccccc1. The molecule has 0 spiro atoms. The summed E-state index contributed by atoms with van der Waals surface area (Å²) in [7, 11) is 1.62. The largest absolute Gasteiger partial charge is 0.390 e. The highest BCUT2D eigenvalue weighted by Gasteiger charge is 2.25. The van der Waals surface area contributed by atoms with Crippen molar-refractivity contribution in [2.24, 2.45) is 0 Å². The van der Waals surface area contributed by atoms with Crippen molar-refractivity contribution in [3.05, 3.63) is 35.9 Å². The zero-order valence-corrected chi connectivity index (χ0v) is 11.5. The third-order valence-electron chi connectivity index (χ3n) is 3.05. The van der Waals surface area contributed by atoms with Gasteiger partial charge in [0.25, 0.3) is 0 Å². The first-order valence-electron chi connectivity index (χ1n) is 6.55. The molecule has 3 nitrogen and oxygen atoms in total. The summed E-state index contributed by atoms with van der Waals surface area (Å²) in [5.41, 5.74) is 1.13. The van der Waals surface area contributed by atoms with Gasteiger partial charge in [0.2, 0.25) is 0 Å². The summed E-state index contributed by atoms with van der Waals surface area (Å²) in [6.45, 7) is 4.53. The van der Waals surface area contributed by atoms with Crippen LogP contribution >= 0.6 is 0 Å². The predicted octanol–water partition coefficient (Wildman–Crippen LogP) is 2.77. The van der Waals surface area contributed by atoms with Crippen LogP contribution in [-0.4, -0.2) is 30.5 Å². The van der Waals surface area contributed by atoms with Gasteiger partial charge in [0.1, 0.15) is 6.10 Å². The summed E-state index contributed by atoms with van der Waals surface area (Å²) < 4.78 is 11.1. The van der Waals surface area contributed by atoms with Gasteiger partial charge >= 0.3 is 0 Å². The highest BCUT2D eigenvalue weighted by atomic mass is 16.5. The lowest BCUT2D eigenvalue weighted by Crippen LogP contribution is -2.38. The Labute approximate surface area is 110 Å². The third-order valence-corrected chi connectivity index (χ3v) is 3.05. The molecule has 0 unspecified atom stereocenters. The highest BCUT2D eigenvalue weighted by Crippen LogP contribution is 2.14. The van der Waals surface area contributed by atoms with Crippen LogP contribution in [0.2, 0.25) is 0 Å². The summed E-state index contributed by atoms with van der Waals surface area (Å²) in [5.74, 6) is 0. The van der Waals surface area contributed by atoms with Crippen LogP contribution in [0.1, 0.15) is 32.3 Å². The van der Waals surface area contributed by atoms with Gasteiger partial charge in [-0.3, -0.25) is 0 Å². The zero-order chi connectivity index (χ0) is 13.4. The van der Waals surface area contributed by atoms with E-state index in [0.717, 1.165) is 18.4 Å². The van der Waals surface area contributed by atoms with Crippen LogP contribution in [0.15, 0.2) is 30.3 Å². The van der Waals surface area contributed by atoms with E-state index in [-0.39, 0.29) is 12.2 Å². The van der Waals surface area contributed by atoms with Crippen LogP contribution < -0.4 is 0 Å². The minimum atomic E-state index is -0.467. The van der Waals surface area contributed by atoms with Crippen LogP contribution in [0.5, 0.6) is 0 Å². The fourth-order valence-corrected chi connectivity index (χ4v) is 2.02. The minimum absolute atomic E-state index is 0.128. The molecule has 0 aromatic heterocycles. The van der Waals surface area contributed by atoms with Crippen molar-refractivity contribution in [2.75, 3.05) is 7.11 Å². The number of aliphatic hydroxyl groups is 1. The first kappa shape index (κ1) is 15.2. The Morgan fingerprint density at radius 2 is 1.89 bits per heavy atom. The van der Waals surface area contributed by atoms with Crippen molar-refractivity contribution < 1.29 is 14.6 Å². The second kappa shape index (κ2) is 8.25. The standard InChI is InChI=1S/C15H24O3/c1-4-8-14(16)15(17-3)12(2)18-11-13-9-6-5-7-10-13/h5-7,9-10,12,14-16H,4,8,11H2,1-3H3/t12-,14+,15+/m0/s1. The maximum atomic E-state index is 9.97. The predicted molar refractivity (Wildman–Crippen MR) is 72.4 cm³/mol. The summed E-state index contributed by atoms with van der Waals surface area (Å²) in [6, 6.07) is 10.0. The summed E-state index contributed by atoms with van der Waals surface area (Å²) in [6.07, 6.45) is 0.806. The average Bonchev–Trinajstić information content (AvgIpc) is 2.39. The average molecular weight is 252 g/mol. The molecule has 0 saturated heterocycles. The minimum Gasteiger partial charge on any atom is -0.390 e. The van der Waals surface area contributed by atoms with E-state index in [9.17, 15) is 5.11 Å². The van der Waals surface area contributed by atoms with Gasteiger partial charge in [-0.15, -0.1) is 0 Å². The lowest BCUT2D eigenvalue weighted by atomic mass is 10.0. The summed E-state index contributed by atoms with van der Waals surface area (Å²) in [4.78, 5) is 0. The van der Waals surface area contributed by atoms with Crippen molar-refractivity contribution in [3.63, 3.8) is 0 Å². The van der Waals surface area contributed by atoms with Crippen molar-refractivity contribution in [1.29, 1.82) is 0 Å². The first-order chi connectivity index (χ1) is 8.69. The number of methoxy groups -OCH3 is 1. The Kier molecular flexibility index (Phi) is 6.94. The molecule has 0 bridgehead atoms. The smallest absolute Gasteiger partial charge is 0.109 e. The summed E-state index contributed by atoms with van der Waals surface area (Å²) in [5, 5.41) is 9.97. The van der Waals surface area contributed by atoms with Gasteiger partial charge in [-0.25, -0.2) is 0 Å². The van der Waals surface area contributed by atoms with E-state index >= 15 is 0 Å². The van der Waals surface area contributed by atoms with Crippen LogP contribution in [0, 0.1) is 0 Å². The third kappa shape index (κ3) is 4.77. The monoisotopic (exact) mass is 252 g/mol. The fourth-order valence-electron chi connectivity index (χ4n) is 2.02. The van der Waals surface area contributed by atoms with Gasteiger partial charge in [-0.05, 0) is 18.9 Å². The lowest BCUT2D eigenvalue weighted by molar-refractivity contribution is -0.107. The molecule has 3 heteroatoms. The van der Waals surface area contributed by atoms with E-state index < -0.39 is 6.10 Å². The molecule has 0 fully saturated rings. The molecule has 0 saturated carbocycles. The Hall–Kier alpha value is -0.900. The molecule has 0 amide bonds. The van der Waals surface area contributed by atoms with Crippen LogP contribution in [0.3, 0.4) is 0 Å². The number of aliphatic hydroxyl groups excluding tert-OH is 1. The molecule has 0 aliphatic rings. The fraction of sp³-hybridized carbons (Fsp3) is 0.600. The van der Waals surface area contributed by atoms with Gasteiger partial charge in [0.05, 0.1) is 18.8 Å². The van der Waals surface area contributed by atoms with Crippen molar-refractivity contribution in [2.45, 2.75) is 51.6 Å². The van der Waals surface area contributed by atoms with Crippen molar-refractivity contribution in [3.8, 4) is 0 Å². The van der Waals surface area contributed by atoms with E-state index in [1.54, 1.807) is 7.11 Å². The molecular formula is C15H24O3. The van der Waals surface area contributed by atoms with E-state index in [2.05, 4.69) is 0 Å². The zero-order valence-electron chi connectivity index (χ0n) is 11.5. The van der Waals surface area contributed by atoms with E-state index in [0.29, 0.717) is 6.61 Å². The van der Waals surface area contributed by atoms with Gasteiger partial charge in [0.15, 0.2) is 0 Å². The van der Waals surface area contributed by atoms with Crippen LogP contribution in [0.25, 0.3) is 0 Å². The van der Waals surface area contributed by atoms with E-state index in [1.807, 2.05) is 44.2 Å². The molecule has 1 rings (SSSR count). The van der Waals surface area contributed by atoms with Crippen LogP contribution in [0.4, 0.5) is 0 Å². The second-order valence-corrected chi connectivity index (χ2v) is 4.56. The van der Waals surface area contributed by atoms with Gasteiger partial charge in [-0.1, -0.05) is 43.7 Å².